The highest BCUT2D eigenvalue weighted by atomic mass is 16.2. The van der Waals surface area contributed by atoms with Crippen molar-refractivity contribution in [2.24, 2.45) is 11.8 Å². The molecule has 1 fully saturated rings. The third-order valence-electron chi connectivity index (χ3n) is 4.15. The van der Waals surface area contributed by atoms with Gasteiger partial charge in [0.05, 0.1) is 6.54 Å². The molecule has 112 valence electrons. The Morgan fingerprint density at radius 3 is 2.42 bits per heavy atom. The summed E-state index contributed by atoms with van der Waals surface area (Å²) in [5.41, 5.74) is 0. The lowest BCUT2D eigenvalue weighted by Gasteiger charge is -2.32. The molecule has 0 aromatic heterocycles. The van der Waals surface area contributed by atoms with Crippen LogP contribution < -0.4 is 10.6 Å². The number of hydrogen-bond donors (Lipinski definition) is 2. The van der Waals surface area contributed by atoms with Crippen molar-refractivity contribution < 1.29 is 4.79 Å². The number of carbonyl (C=O) groups excluding carboxylic acids is 1. The van der Waals surface area contributed by atoms with Crippen molar-refractivity contribution in [3.8, 4) is 0 Å². The minimum Gasteiger partial charge on any atom is -0.352 e. The Morgan fingerprint density at radius 2 is 1.89 bits per heavy atom. The minimum absolute atomic E-state index is 0.173. The summed E-state index contributed by atoms with van der Waals surface area (Å²) in [6.45, 7) is 13.3. The molecule has 2 N–H and O–H groups in total. The van der Waals surface area contributed by atoms with E-state index in [9.17, 15) is 4.79 Å². The Labute approximate surface area is 118 Å². The molecule has 1 heterocycles. The summed E-state index contributed by atoms with van der Waals surface area (Å²) < 4.78 is 0. The van der Waals surface area contributed by atoms with Crippen molar-refractivity contribution in [3.05, 3.63) is 0 Å². The van der Waals surface area contributed by atoms with Gasteiger partial charge in [0.15, 0.2) is 0 Å². The van der Waals surface area contributed by atoms with Crippen LogP contribution in [0.5, 0.6) is 0 Å². The second-order valence-corrected chi connectivity index (χ2v) is 6.13. The van der Waals surface area contributed by atoms with E-state index >= 15 is 0 Å². The number of likely N-dealkylation sites (tertiary alicyclic amines) is 1. The Kier molecular flexibility index (Phi) is 7.39. The number of nitrogens with one attached hydrogen (secondary N) is 2. The Morgan fingerprint density at radius 1 is 1.26 bits per heavy atom. The Bertz CT molecular complexity index is 260. The summed E-state index contributed by atoms with van der Waals surface area (Å²) in [5.74, 6) is 1.45. The fraction of sp³-hybridized carbons (Fsp3) is 0.933. The fourth-order valence-electron chi connectivity index (χ4n) is 2.37. The van der Waals surface area contributed by atoms with Gasteiger partial charge in [-0.2, -0.15) is 0 Å². The molecule has 1 aliphatic heterocycles. The predicted octanol–water partition coefficient (Wildman–Crippen LogP) is 1.47. The molecule has 1 amide bonds. The average Bonchev–Trinajstić information content (AvgIpc) is 2.37. The molecule has 0 radical (unpaired) electrons. The molecule has 1 rings (SSSR count). The maximum absolute atomic E-state index is 11.9. The van der Waals surface area contributed by atoms with Crippen LogP contribution in [0.15, 0.2) is 0 Å². The molecule has 1 aliphatic rings. The van der Waals surface area contributed by atoms with Crippen molar-refractivity contribution >= 4 is 5.91 Å². The van der Waals surface area contributed by atoms with Gasteiger partial charge < -0.3 is 10.6 Å². The van der Waals surface area contributed by atoms with Crippen LogP contribution in [-0.2, 0) is 4.79 Å². The predicted molar refractivity (Wildman–Crippen MR) is 80.2 cm³/mol. The SMILES string of the molecule is CCNCC1CCN(CC(=O)NC(C)C(C)C)CC1. The van der Waals surface area contributed by atoms with Gasteiger partial charge in [-0.15, -0.1) is 0 Å². The standard InChI is InChI=1S/C15H31N3O/c1-5-16-10-14-6-8-18(9-7-14)11-15(19)17-13(4)12(2)3/h12-14,16H,5-11H2,1-4H3,(H,17,19). The van der Waals surface area contributed by atoms with Crippen molar-refractivity contribution in [2.45, 2.75) is 46.6 Å². The summed E-state index contributed by atoms with van der Waals surface area (Å²) >= 11 is 0. The van der Waals surface area contributed by atoms with Crippen molar-refractivity contribution in [2.75, 3.05) is 32.7 Å². The van der Waals surface area contributed by atoms with E-state index in [1.165, 1.54) is 12.8 Å². The minimum atomic E-state index is 0.173. The van der Waals surface area contributed by atoms with Gasteiger partial charge in [0.2, 0.25) is 5.91 Å². The lowest BCUT2D eigenvalue weighted by Crippen LogP contribution is -2.45. The van der Waals surface area contributed by atoms with E-state index in [-0.39, 0.29) is 11.9 Å². The van der Waals surface area contributed by atoms with Gasteiger partial charge in [0.1, 0.15) is 0 Å². The van der Waals surface area contributed by atoms with Gasteiger partial charge in [-0.1, -0.05) is 20.8 Å². The molecule has 4 heteroatoms. The van der Waals surface area contributed by atoms with Gasteiger partial charge in [0.25, 0.3) is 0 Å². The fourth-order valence-corrected chi connectivity index (χ4v) is 2.37. The first-order chi connectivity index (χ1) is 9.02. The number of carbonyl (C=O) groups is 1. The molecule has 0 saturated carbocycles. The summed E-state index contributed by atoms with van der Waals surface area (Å²) in [4.78, 5) is 14.2. The van der Waals surface area contributed by atoms with Gasteiger partial charge in [0, 0.05) is 6.04 Å². The summed E-state index contributed by atoms with van der Waals surface area (Å²) in [7, 11) is 0. The lowest BCUT2D eigenvalue weighted by atomic mass is 9.97. The van der Waals surface area contributed by atoms with Crippen LogP contribution in [0.3, 0.4) is 0 Å². The number of hydrogen-bond acceptors (Lipinski definition) is 3. The first kappa shape index (κ1) is 16.4. The maximum Gasteiger partial charge on any atom is 0.234 e. The van der Waals surface area contributed by atoms with Gasteiger partial charge in [-0.25, -0.2) is 0 Å². The van der Waals surface area contributed by atoms with E-state index in [4.69, 9.17) is 0 Å². The molecule has 0 spiro atoms. The van der Waals surface area contributed by atoms with Crippen molar-refractivity contribution in [3.63, 3.8) is 0 Å². The highest BCUT2D eigenvalue weighted by molar-refractivity contribution is 5.78. The number of rotatable bonds is 7. The summed E-state index contributed by atoms with van der Waals surface area (Å²) in [6.07, 6.45) is 2.42. The molecular weight excluding hydrogens is 238 g/mol. The molecule has 0 aliphatic carbocycles. The van der Waals surface area contributed by atoms with Gasteiger partial charge in [-0.3, -0.25) is 9.69 Å². The number of piperidine rings is 1. The van der Waals surface area contributed by atoms with E-state index < -0.39 is 0 Å². The van der Waals surface area contributed by atoms with Crippen LogP contribution in [0.2, 0.25) is 0 Å². The first-order valence-corrected chi connectivity index (χ1v) is 7.75. The first-order valence-electron chi connectivity index (χ1n) is 7.75. The third kappa shape index (κ3) is 6.39. The molecule has 1 atom stereocenters. The molecule has 0 aromatic carbocycles. The molecule has 4 nitrogen and oxygen atoms in total. The topological polar surface area (TPSA) is 44.4 Å². The van der Waals surface area contributed by atoms with Crippen molar-refractivity contribution in [1.29, 1.82) is 0 Å². The second-order valence-electron chi connectivity index (χ2n) is 6.13. The third-order valence-corrected chi connectivity index (χ3v) is 4.15. The summed E-state index contributed by atoms with van der Waals surface area (Å²) in [6, 6.07) is 0.263. The van der Waals surface area contributed by atoms with Gasteiger partial charge in [-0.05, 0) is 57.8 Å². The molecular formula is C15H31N3O. The van der Waals surface area contributed by atoms with Crippen LogP contribution in [0.25, 0.3) is 0 Å². The van der Waals surface area contributed by atoms with Crippen LogP contribution in [0.4, 0.5) is 0 Å². The zero-order valence-corrected chi connectivity index (χ0v) is 13.0. The number of nitrogens with zero attached hydrogens (tertiary/aromatic N) is 1. The monoisotopic (exact) mass is 269 g/mol. The highest BCUT2D eigenvalue weighted by Crippen LogP contribution is 2.15. The smallest absolute Gasteiger partial charge is 0.234 e. The van der Waals surface area contributed by atoms with E-state index in [0.717, 1.165) is 32.1 Å². The van der Waals surface area contributed by atoms with Crippen LogP contribution in [0.1, 0.15) is 40.5 Å². The molecule has 19 heavy (non-hydrogen) atoms. The molecule has 0 aromatic rings. The van der Waals surface area contributed by atoms with Crippen LogP contribution in [-0.4, -0.2) is 49.6 Å². The largest absolute Gasteiger partial charge is 0.352 e. The lowest BCUT2D eigenvalue weighted by molar-refractivity contribution is -0.123. The van der Waals surface area contributed by atoms with E-state index in [0.29, 0.717) is 12.5 Å². The second kappa shape index (κ2) is 8.54. The van der Waals surface area contributed by atoms with Crippen molar-refractivity contribution in [1.82, 2.24) is 15.5 Å². The van der Waals surface area contributed by atoms with Gasteiger partial charge >= 0.3 is 0 Å². The average molecular weight is 269 g/mol. The number of amides is 1. The quantitative estimate of drug-likeness (QED) is 0.735. The van der Waals surface area contributed by atoms with E-state index in [2.05, 4.69) is 43.2 Å². The summed E-state index contributed by atoms with van der Waals surface area (Å²) in [5, 5.41) is 6.49. The molecule has 0 bridgehead atoms. The zero-order valence-electron chi connectivity index (χ0n) is 13.0. The Balaban J connectivity index is 2.19. The molecule has 1 saturated heterocycles. The van der Waals surface area contributed by atoms with E-state index in [1.807, 2.05) is 0 Å². The normalized spacial score (nSPS) is 19.6. The maximum atomic E-state index is 11.9. The molecule has 1 unspecified atom stereocenters. The zero-order chi connectivity index (χ0) is 14.3. The Hall–Kier alpha value is -0.610. The van der Waals surface area contributed by atoms with Crippen LogP contribution >= 0.6 is 0 Å². The van der Waals surface area contributed by atoms with Crippen LogP contribution in [0, 0.1) is 11.8 Å². The van der Waals surface area contributed by atoms with E-state index in [1.54, 1.807) is 0 Å². The highest BCUT2D eigenvalue weighted by Gasteiger charge is 2.21.